The fourth-order valence-electron chi connectivity index (χ4n) is 5.09. The Morgan fingerprint density at radius 1 is 1.16 bits per heavy atom. The number of carbonyl (C=O) groups excluding carboxylic acids is 2. The fraction of sp³-hybridized carbons (Fsp3) is 0.433. The first-order chi connectivity index (χ1) is 18.0. The number of amides is 2. The zero-order valence-corrected chi connectivity index (χ0v) is 22.9. The maximum atomic E-state index is 14.1. The van der Waals surface area contributed by atoms with Crippen molar-refractivity contribution in [1.29, 1.82) is 0 Å². The zero-order chi connectivity index (χ0) is 27.4. The summed E-state index contributed by atoms with van der Waals surface area (Å²) in [6.07, 6.45) is 4.17. The number of hydrogen-bond donors (Lipinski definition) is 3. The molecular weight excluding hydrogens is 480 g/mol. The van der Waals surface area contributed by atoms with Crippen molar-refractivity contribution in [3.63, 3.8) is 0 Å². The van der Waals surface area contributed by atoms with E-state index in [2.05, 4.69) is 10.3 Å². The summed E-state index contributed by atoms with van der Waals surface area (Å²) in [7, 11) is 0. The molecular formula is C30H38N4O4. The highest BCUT2D eigenvalue weighted by Crippen LogP contribution is 2.32. The van der Waals surface area contributed by atoms with Gasteiger partial charge in [-0.25, -0.2) is 9.78 Å². The Kier molecular flexibility index (Phi) is 8.09. The van der Waals surface area contributed by atoms with E-state index >= 15 is 0 Å². The van der Waals surface area contributed by atoms with Crippen molar-refractivity contribution in [2.24, 2.45) is 0 Å². The number of likely N-dealkylation sites (tertiary alicyclic amines) is 1. The minimum atomic E-state index is -0.837. The van der Waals surface area contributed by atoms with Crippen LogP contribution in [0.2, 0.25) is 0 Å². The van der Waals surface area contributed by atoms with Crippen LogP contribution in [0.3, 0.4) is 0 Å². The molecule has 0 aliphatic carbocycles. The highest BCUT2D eigenvalue weighted by molar-refractivity contribution is 5.86. The van der Waals surface area contributed by atoms with Gasteiger partial charge in [-0.05, 0) is 82.7 Å². The number of rotatable bonds is 6. The van der Waals surface area contributed by atoms with Crippen molar-refractivity contribution in [3.8, 4) is 17.0 Å². The second kappa shape index (κ2) is 11.3. The number of nitrogens with one attached hydrogen (secondary N) is 2. The molecule has 1 aromatic heterocycles. The van der Waals surface area contributed by atoms with Gasteiger partial charge in [0, 0.05) is 24.7 Å². The summed E-state index contributed by atoms with van der Waals surface area (Å²) in [5.74, 6) is 0.741. The van der Waals surface area contributed by atoms with Crippen LogP contribution in [0.25, 0.3) is 11.3 Å². The van der Waals surface area contributed by atoms with Gasteiger partial charge in [-0.1, -0.05) is 30.3 Å². The molecule has 0 bridgehead atoms. The number of benzene rings is 2. The maximum absolute atomic E-state index is 14.1. The highest BCUT2D eigenvalue weighted by atomic mass is 16.6. The lowest BCUT2D eigenvalue weighted by Crippen LogP contribution is -2.52. The summed E-state index contributed by atoms with van der Waals surface area (Å²) in [6.45, 7) is 9.74. The largest absolute Gasteiger partial charge is 0.508 e. The van der Waals surface area contributed by atoms with Crippen LogP contribution in [0, 0.1) is 13.8 Å². The van der Waals surface area contributed by atoms with Crippen molar-refractivity contribution in [2.75, 3.05) is 6.54 Å². The SMILES string of the molecule is Cc1cc(O)cc(C)c1C[C@H](NC(=O)OC(C)(C)C)C(=O)N1CCCC[C@H]1c1nc(-c2ccccc2)c[nH]1. The average molecular weight is 519 g/mol. The standard InChI is InChI=1S/C30H38N4O4/c1-19-15-22(35)16-20(2)23(19)17-24(33-29(37)38-30(3,4)5)28(36)34-14-10-9-13-26(34)27-31-18-25(32-27)21-11-7-6-8-12-21/h6-8,11-12,15-16,18,24,26,35H,9-10,13-14,17H2,1-5H3,(H,31,32)(H,33,37)/t24-,26-/m0/s1. The number of aryl methyl sites for hydroxylation is 2. The summed E-state index contributed by atoms with van der Waals surface area (Å²) >= 11 is 0. The molecule has 4 rings (SSSR count). The second-order valence-electron chi connectivity index (χ2n) is 11.0. The topological polar surface area (TPSA) is 108 Å². The summed E-state index contributed by atoms with van der Waals surface area (Å²) in [5, 5.41) is 12.9. The third-order valence-corrected chi connectivity index (χ3v) is 6.85. The van der Waals surface area contributed by atoms with Gasteiger partial charge in [0.15, 0.2) is 0 Å². The lowest BCUT2D eigenvalue weighted by Gasteiger charge is -2.37. The van der Waals surface area contributed by atoms with E-state index in [9.17, 15) is 14.7 Å². The Morgan fingerprint density at radius 2 is 1.84 bits per heavy atom. The van der Waals surface area contributed by atoms with E-state index in [4.69, 9.17) is 9.72 Å². The molecule has 8 heteroatoms. The van der Waals surface area contributed by atoms with Gasteiger partial charge in [0.05, 0.1) is 11.7 Å². The van der Waals surface area contributed by atoms with Gasteiger partial charge < -0.3 is 25.0 Å². The van der Waals surface area contributed by atoms with Crippen LogP contribution in [-0.4, -0.2) is 50.2 Å². The molecule has 1 saturated heterocycles. The number of piperidine rings is 1. The highest BCUT2D eigenvalue weighted by Gasteiger charge is 2.36. The van der Waals surface area contributed by atoms with Crippen molar-refractivity contribution in [1.82, 2.24) is 20.2 Å². The van der Waals surface area contributed by atoms with Crippen molar-refractivity contribution in [3.05, 3.63) is 71.2 Å². The van der Waals surface area contributed by atoms with Gasteiger partial charge in [0.2, 0.25) is 5.91 Å². The summed E-state index contributed by atoms with van der Waals surface area (Å²) < 4.78 is 5.51. The number of alkyl carbamates (subject to hydrolysis) is 1. The zero-order valence-electron chi connectivity index (χ0n) is 22.9. The molecule has 0 unspecified atom stereocenters. The summed E-state index contributed by atoms with van der Waals surface area (Å²) in [5.41, 5.74) is 3.77. The number of imidazole rings is 1. The molecule has 1 fully saturated rings. The lowest BCUT2D eigenvalue weighted by atomic mass is 9.94. The average Bonchev–Trinajstić information content (AvgIpc) is 3.35. The molecule has 0 saturated carbocycles. The first-order valence-electron chi connectivity index (χ1n) is 13.2. The van der Waals surface area contributed by atoms with E-state index in [-0.39, 0.29) is 24.1 Å². The molecule has 38 heavy (non-hydrogen) atoms. The van der Waals surface area contributed by atoms with Crippen LogP contribution in [0.4, 0.5) is 4.79 Å². The summed E-state index contributed by atoms with van der Waals surface area (Å²) in [4.78, 5) is 36.9. The molecule has 2 atom stereocenters. The monoisotopic (exact) mass is 518 g/mol. The van der Waals surface area contributed by atoms with Crippen LogP contribution < -0.4 is 5.32 Å². The smallest absolute Gasteiger partial charge is 0.408 e. The van der Waals surface area contributed by atoms with Gasteiger partial charge in [-0.15, -0.1) is 0 Å². The van der Waals surface area contributed by atoms with E-state index in [1.807, 2.05) is 55.3 Å². The molecule has 0 radical (unpaired) electrons. The number of aromatic nitrogens is 2. The normalized spacial score (nSPS) is 16.7. The Morgan fingerprint density at radius 3 is 2.50 bits per heavy atom. The van der Waals surface area contributed by atoms with Crippen molar-refractivity contribution < 1.29 is 19.4 Å². The van der Waals surface area contributed by atoms with Gasteiger partial charge >= 0.3 is 6.09 Å². The minimum absolute atomic E-state index is 0.176. The first kappa shape index (κ1) is 27.2. The molecule has 2 amide bonds. The van der Waals surface area contributed by atoms with E-state index < -0.39 is 17.7 Å². The lowest BCUT2D eigenvalue weighted by molar-refractivity contribution is -0.137. The van der Waals surface area contributed by atoms with Gasteiger partial charge in [-0.3, -0.25) is 4.79 Å². The first-order valence-corrected chi connectivity index (χ1v) is 13.2. The molecule has 3 aromatic rings. The molecule has 1 aliphatic rings. The van der Waals surface area contributed by atoms with E-state index in [1.165, 1.54) is 0 Å². The molecule has 2 heterocycles. The number of phenolic OH excluding ortho intramolecular Hbond substituents is 1. The molecule has 8 nitrogen and oxygen atoms in total. The predicted octanol–water partition coefficient (Wildman–Crippen LogP) is 5.59. The summed E-state index contributed by atoms with van der Waals surface area (Å²) in [6, 6.07) is 12.2. The second-order valence-corrected chi connectivity index (χ2v) is 11.0. The number of nitrogens with zero attached hydrogens (tertiary/aromatic N) is 2. The van der Waals surface area contributed by atoms with Crippen LogP contribution in [0.15, 0.2) is 48.7 Å². The molecule has 0 spiro atoms. The number of H-pyrrole nitrogens is 1. The Balaban J connectivity index is 1.63. The Bertz CT molecular complexity index is 1260. The van der Waals surface area contributed by atoms with Crippen molar-refractivity contribution in [2.45, 2.75) is 78.0 Å². The van der Waals surface area contributed by atoms with Gasteiger partial charge in [-0.2, -0.15) is 0 Å². The fourth-order valence-corrected chi connectivity index (χ4v) is 5.09. The molecule has 1 aliphatic heterocycles. The predicted molar refractivity (Wildman–Crippen MR) is 147 cm³/mol. The third kappa shape index (κ3) is 6.54. The maximum Gasteiger partial charge on any atom is 0.408 e. The van der Waals surface area contributed by atoms with Crippen molar-refractivity contribution >= 4 is 12.0 Å². The number of carbonyl (C=O) groups is 2. The number of ether oxygens (including phenoxy) is 1. The van der Waals surface area contributed by atoms with Crippen LogP contribution in [0.5, 0.6) is 5.75 Å². The minimum Gasteiger partial charge on any atom is -0.508 e. The van der Waals surface area contributed by atoms with Crippen LogP contribution >= 0.6 is 0 Å². The Hall–Kier alpha value is -3.81. The molecule has 3 N–H and O–H groups in total. The van der Waals surface area contributed by atoms with E-state index in [0.29, 0.717) is 6.54 Å². The molecule has 202 valence electrons. The van der Waals surface area contributed by atoms with Crippen LogP contribution in [-0.2, 0) is 16.0 Å². The number of aromatic amines is 1. The molecule has 2 aromatic carbocycles. The number of hydrogen-bond acceptors (Lipinski definition) is 5. The third-order valence-electron chi connectivity index (χ3n) is 6.85. The van der Waals surface area contributed by atoms with E-state index in [1.54, 1.807) is 32.9 Å². The van der Waals surface area contributed by atoms with E-state index in [0.717, 1.165) is 53.0 Å². The van der Waals surface area contributed by atoms with Crippen LogP contribution in [0.1, 0.15) is 68.6 Å². The quantitative estimate of drug-likeness (QED) is 0.394. The Labute approximate surface area is 224 Å². The number of aromatic hydroxyl groups is 1. The van der Waals surface area contributed by atoms with Gasteiger partial charge in [0.1, 0.15) is 23.2 Å². The van der Waals surface area contributed by atoms with Gasteiger partial charge in [0.25, 0.3) is 0 Å². The number of phenols is 1.